The first-order chi connectivity index (χ1) is 17.2. The fourth-order valence-corrected chi connectivity index (χ4v) is 3.97. The summed E-state index contributed by atoms with van der Waals surface area (Å²) in [6, 6.07) is 26.6. The second-order valence-electron chi connectivity index (χ2n) is 7.96. The smallest absolute Gasteiger partial charge is 0.253 e. The number of anilines is 2. The van der Waals surface area contributed by atoms with E-state index in [0.717, 1.165) is 22.9 Å². The molecule has 2 heterocycles. The van der Waals surface area contributed by atoms with Crippen molar-refractivity contribution in [2.45, 2.75) is 6.42 Å². The van der Waals surface area contributed by atoms with E-state index < -0.39 is 0 Å². The van der Waals surface area contributed by atoms with E-state index in [4.69, 9.17) is 16.6 Å². The van der Waals surface area contributed by atoms with Gasteiger partial charge in [-0.15, -0.1) is 0 Å². The highest BCUT2D eigenvalue weighted by atomic mass is 35.5. The van der Waals surface area contributed by atoms with E-state index in [1.54, 1.807) is 24.5 Å². The first-order valence-electron chi connectivity index (χ1n) is 11.2. The first-order valence-corrected chi connectivity index (χ1v) is 11.6. The van der Waals surface area contributed by atoms with Gasteiger partial charge in [-0.3, -0.25) is 9.78 Å². The molecule has 172 valence electrons. The number of fused-ring (bicyclic) bond motifs is 1. The predicted octanol–water partition coefficient (Wildman–Crippen LogP) is 6.06. The summed E-state index contributed by atoms with van der Waals surface area (Å²) in [7, 11) is 0. The molecular formula is C28H22ClN5O. The fraction of sp³-hybridized carbons (Fsp3) is 0.0714. The molecule has 0 spiro atoms. The average molecular weight is 480 g/mol. The monoisotopic (exact) mass is 479 g/mol. The number of benzene rings is 3. The molecule has 0 aliphatic heterocycles. The maximum Gasteiger partial charge on any atom is 0.253 e. The van der Waals surface area contributed by atoms with Crippen LogP contribution in [-0.2, 0) is 6.42 Å². The van der Waals surface area contributed by atoms with Crippen molar-refractivity contribution in [1.82, 2.24) is 20.3 Å². The van der Waals surface area contributed by atoms with Gasteiger partial charge in [0.05, 0.1) is 16.8 Å². The summed E-state index contributed by atoms with van der Waals surface area (Å²) in [5.41, 5.74) is 3.86. The lowest BCUT2D eigenvalue weighted by Gasteiger charge is -2.14. The number of carbonyl (C=O) groups is 1. The van der Waals surface area contributed by atoms with Gasteiger partial charge in [-0.25, -0.2) is 9.97 Å². The number of hydrogen-bond acceptors (Lipinski definition) is 5. The molecule has 2 aromatic heterocycles. The molecule has 0 aliphatic carbocycles. The number of carbonyl (C=O) groups excluding carboxylic acids is 1. The summed E-state index contributed by atoms with van der Waals surface area (Å²) in [5.74, 6) is 0.925. The maximum atomic E-state index is 13.0. The quantitative estimate of drug-likeness (QED) is 0.296. The Balaban J connectivity index is 1.45. The van der Waals surface area contributed by atoms with Crippen molar-refractivity contribution < 1.29 is 4.79 Å². The Hall–Kier alpha value is -4.29. The standard InChI is InChI=1S/C28H22ClN5O/c29-21-12-13-25-23(17-21)27(34-26(32-25)20-9-6-15-30-18-20)33-24-11-5-4-10-22(24)28(35)31-16-14-19-7-2-1-3-8-19/h1-13,15,17-18H,14,16H2,(H,31,35)(H,32,33,34). The average Bonchev–Trinajstić information content (AvgIpc) is 2.90. The minimum absolute atomic E-state index is 0.159. The Labute approximate surface area is 208 Å². The van der Waals surface area contributed by atoms with Crippen LogP contribution in [0, 0.1) is 0 Å². The number of nitrogens with one attached hydrogen (secondary N) is 2. The molecule has 0 unspecified atom stereocenters. The van der Waals surface area contributed by atoms with Gasteiger partial charge in [0.2, 0.25) is 0 Å². The molecular weight excluding hydrogens is 458 g/mol. The molecule has 0 fully saturated rings. The number of para-hydroxylation sites is 1. The van der Waals surface area contributed by atoms with Crippen LogP contribution < -0.4 is 10.6 Å². The molecule has 3 aromatic carbocycles. The lowest BCUT2D eigenvalue weighted by atomic mass is 10.1. The van der Waals surface area contributed by atoms with Gasteiger partial charge >= 0.3 is 0 Å². The molecule has 5 aromatic rings. The number of aromatic nitrogens is 3. The van der Waals surface area contributed by atoms with Crippen LogP contribution in [0.2, 0.25) is 5.02 Å². The van der Waals surface area contributed by atoms with Crippen LogP contribution in [0.3, 0.4) is 0 Å². The first kappa shape index (κ1) is 22.5. The van der Waals surface area contributed by atoms with E-state index in [9.17, 15) is 4.79 Å². The second-order valence-corrected chi connectivity index (χ2v) is 8.40. The van der Waals surface area contributed by atoms with Crippen molar-refractivity contribution in [3.05, 3.63) is 113 Å². The molecule has 0 radical (unpaired) electrons. The number of hydrogen-bond donors (Lipinski definition) is 2. The van der Waals surface area contributed by atoms with Gasteiger partial charge in [0.1, 0.15) is 5.82 Å². The van der Waals surface area contributed by atoms with E-state index in [-0.39, 0.29) is 5.91 Å². The molecule has 1 amide bonds. The highest BCUT2D eigenvalue weighted by Crippen LogP contribution is 2.30. The lowest BCUT2D eigenvalue weighted by Crippen LogP contribution is -2.26. The van der Waals surface area contributed by atoms with Crippen molar-refractivity contribution in [1.29, 1.82) is 0 Å². The summed E-state index contributed by atoms with van der Waals surface area (Å²) in [4.78, 5) is 26.7. The topological polar surface area (TPSA) is 79.8 Å². The largest absolute Gasteiger partial charge is 0.352 e. The Bertz CT molecular complexity index is 1480. The normalized spacial score (nSPS) is 10.8. The molecule has 35 heavy (non-hydrogen) atoms. The van der Waals surface area contributed by atoms with Crippen LogP contribution in [0.1, 0.15) is 15.9 Å². The zero-order valence-electron chi connectivity index (χ0n) is 18.8. The lowest BCUT2D eigenvalue weighted by molar-refractivity contribution is 0.0955. The molecule has 6 nitrogen and oxygen atoms in total. The fourth-order valence-electron chi connectivity index (χ4n) is 3.80. The van der Waals surface area contributed by atoms with Gasteiger partial charge in [0.15, 0.2) is 5.82 Å². The summed E-state index contributed by atoms with van der Waals surface area (Å²) >= 11 is 6.28. The number of halogens is 1. The molecule has 2 N–H and O–H groups in total. The van der Waals surface area contributed by atoms with Crippen molar-refractivity contribution in [2.75, 3.05) is 11.9 Å². The van der Waals surface area contributed by atoms with Crippen LogP contribution in [0.25, 0.3) is 22.3 Å². The van der Waals surface area contributed by atoms with Gasteiger partial charge in [-0.05, 0) is 54.4 Å². The Kier molecular flexibility index (Phi) is 6.63. The van der Waals surface area contributed by atoms with E-state index in [2.05, 4.69) is 20.6 Å². The van der Waals surface area contributed by atoms with Gasteiger partial charge in [0, 0.05) is 34.9 Å². The SMILES string of the molecule is O=C(NCCc1ccccc1)c1ccccc1Nc1nc(-c2cccnc2)nc2ccc(Cl)cc12. The third-order valence-electron chi connectivity index (χ3n) is 5.54. The summed E-state index contributed by atoms with van der Waals surface area (Å²) in [6.07, 6.45) is 4.18. The Morgan fingerprint density at radius 3 is 2.54 bits per heavy atom. The molecule has 0 aliphatic rings. The zero-order chi connectivity index (χ0) is 24.0. The maximum absolute atomic E-state index is 13.0. The molecule has 0 saturated heterocycles. The van der Waals surface area contributed by atoms with Crippen molar-refractivity contribution in [2.24, 2.45) is 0 Å². The molecule has 0 saturated carbocycles. The van der Waals surface area contributed by atoms with E-state index in [0.29, 0.717) is 34.5 Å². The van der Waals surface area contributed by atoms with E-state index in [1.165, 1.54) is 5.56 Å². The number of pyridine rings is 1. The van der Waals surface area contributed by atoms with E-state index in [1.807, 2.05) is 72.8 Å². The van der Waals surface area contributed by atoms with Crippen molar-refractivity contribution >= 4 is 39.9 Å². The van der Waals surface area contributed by atoms with Crippen LogP contribution in [0.15, 0.2) is 97.3 Å². The molecule has 0 atom stereocenters. The van der Waals surface area contributed by atoms with E-state index >= 15 is 0 Å². The molecule has 5 rings (SSSR count). The second kappa shape index (κ2) is 10.3. The highest BCUT2D eigenvalue weighted by molar-refractivity contribution is 6.31. The van der Waals surface area contributed by atoms with Gasteiger partial charge in [-0.1, -0.05) is 54.1 Å². The van der Waals surface area contributed by atoms with Crippen LogP contribution in [-0.4, -0.2) is 27.4 Å². The third kappa shape index (κ3) is 5.28. The van der Waals surface area contributed by atoms with Gasteiger partial charge in [0.25, 0.3) is 5.91 Å². The van der Waals surface area contributed by atoms with Gasteiger partial charge < -0.3 is 10.6 Å². The zero-order valence-corrected chi connectivity index (χ0v) is 19.5. The Morgan fingerprint density at radius 2 is 1.71 bits per heavy atom. The molecule has 7 heteroatoms. The minimum Gasteiger partial charge on any atom is -0.352 e. The van der Waals surface area contributed by atoms with Crippen LogP contribution in [0.4, 0.5) is 11.5 Å². The summed E-state index contributed by atoms with van der Waals surface area (Å²) < 4.78 is 0. The number of rotatable bonds is 7. The third-order valence-corrected chi connectivity index (χ3v) is 5.78. The molecule has 0 bridgehead atoms. The van der Waals surface area contributed by atoms with Crippen molar-refractivity contribution in [3.8, 4) is 11.4 Å². The Morgan fingerprint density at radius 1 is 0.886 bits per heavy atom. The number of amides is 1. The van der Waals surface area contributed by atoms with Gasteiger partial charge in [-0.2, -0.15) is 0 Å². The van der Waals surface area contributed by atoms with Crippen LogP contribution >= 0.6 is 11.6 Å². The predicted molar refractivity (Wildman–Crippen MR) is 140 cm³/mol. The van der Waals surface area contributed by atoms with Crippen molar-refractivity contribution in [3.63, 3.8) is 0 Å². The summed E-state index contributed by atoms with van der Waals surface area (Å²) in [5, 5.41) is 7.70. The minimum atomic E-state index is -0.159. The number of nitrogens with zero attached hydrogens (tertiary/aromatic N) is 3. The summed E-state index contributed by atoms with van der Waals surface area (Å²) in [6.45, 7) is 0.536. The van der Waals surface area contributed by atoms with Crippen LogP contribution in [0.5, 0.6) is 0 Å². The highest BCUT2D eigenvalue weighted by Gasteiger charge is 2.15.